The van der Waals surface area contributed by atoms with Gasteiger partial charge in [-0.25, -0.2) is 0 Å². The van der Waals surface area contributed by atoms with Gasteiger partial charge in [-0.3, -0.25) is 15.5 Å². The van der Waals surface area contributed by atoms with Gasteiger partial charge in [0, 0.05) is 29.2 Å². The topological polar surface area (TPSA) is 87.8 Å². The first-order chi connectivity index (χ1) is 13.0. The SMILES string of the molecule is C[C@H](c1ccc(N/N=C/c2cccc([N+](=O)[O-])c2)cc1)c1ccccc1O. The fourth-order valence-corrected chi connectivity index (χ4v) is 2.78. The lowest BCUT2D eigenvalue weighted by Gasteiger charge is -2.14. The Morgan fingerprint density at radius 3 is 2.52 bits per heavy atom. The van der Waals surface area contributed by atoms with Gasteiger partial charge in [0.1, 0.15) is 5.75 Å². The van der Waals surface area contributed by atoms with Gasteiger partial charge in [-0.15, -0.1) is 0 Å². The molecule has 0 heterocycles. The number of anilines is 1. The van der Waals surface area contributed by atoms with Gasteiger partial charge >= 0.3 is 0 Å². The molecular weight excluding hydrogens is 342 g/mol. The summed E-state index contributed by atoms with van der Waals surface area (Å²) < 4.78 is 0. The number of phenols is 1. The highest BCUT2D eigenvalue weighted by atomic mass is 16.6. The number of rotatable bonds is 6. The number of aromatic hydroxyl groups is 1. The summed E-state index contributed by atoms with van der Waals surface area (Å²) in [5, 5.41) is 24.9. The summed E-state index contributed by atoms with van der Waals surface area (Å²) in [6, 6.07) is 21.3. The lowest BCUT2D eigenvalue weighted by atomic mass is 9.92. The van der Waals surface area contributed by atoms with Crippen molar-refractivity contribution < 1.29 is 10.0 Å². The number of hydrogen-bond donors (Lipinski definition) is 2. The van der Waals surface area contributed by atoms with Gasteiger partial charge < -0.3 is 5.11 Å². The van der Waals surface area contributed by atoms with E-state index in [0.717, 1.165) is 16.8 Å². The van der Waals surface area contributed by atoms with E-state index < -0.39 is 4.92 Å². The fourth-order valence-electron chi connectivity index (χ4n) is 2.78. The number of benzene rings is 3. The number of nitrogens with one attached hydrogen (secondary N) is 1. The number of hydrogen-bond acceptors (Lipinski definition) is 5. The van der Waals surface area contributed by atoms with Gasteiger partial charge in [0.2, 0.25) is 0 Å². The summed E-state index contributed by atoms with van der Waals surface area (Å²) in [5.41, 5.74) is 6.33. The van der Waals surface area contributed by atoms with E-state index in [0.29, 0.717) is 5.56 Å². The zero-order valence-electron chi connectivity index (χ0n) is 14.7. The monoisotopic (exact) mass is 361 g/mol. The molecule has 0 aromatic heterocycles. The minimum Gasteiger partial charge on any atom is -0.508 e. The van der Waals surface area contributed by atoms with Crippen LogP contribution in [0.25, 0.3) is 0 Å². The Balaban J connectivity index is 1.67. The van der Waals surface area contributed by atoms with E-state index in [9.17, 15) is 15.2 Å². The second kappa shape index (κ2) is 8.14. The first-order valence-corrected chi connectivity index (χ1v) is 8.46. The van der Waals surface area contributed by atoms with E-state index in [1.807, 2.05) is 43.3 Å². The molecule has 0 amide bonds. The number of para-hydroxylation sites is 1. The maximum atomic E-state index is 10.8. The molecule has 0 aliphatic rings. The summed E-state index contributed by atoms with van der Waals surface area (Å²) in [7, 11) is 0. The van der Waals surface area contributed by atoms with E-state index >= 15 is 0 Å². The Morgan fingerprint density at radius 2 is 1.81 bits per heavy atom. The molecule has 3 aromatic rings. The van der Waals surface area contributed by atoms with Gasteiger partial charge in [0.05, 0.1) is 16.8 Å². The summed E-state index contributed by atoms with van der Waals surface area (Å²) in [4.78, 5) is 10.4. The van der Waals surface area contributed by atoms with Gasteiger partial charge in [-0.2, -0.15) is 5.10 Å². The first-order valence-electron chi connectivity index (χ1n) is 8.46. The standard InChI is InChI=1S/C21H19N3O3/c1-15(20-7-2-3-8-21(20)25)17-9-11-18(12-10-17)23-22-14-16-5-4-6-19(13-16)24(26)27/h2-15,23,25H,1H3/b22-14+/t15-/m1/s1. The molecule has 0 aliphatic carbocycles. The van der Waals surface area contributed by atoms with Crippen LogP contribution in [0.4, 0.5) is 11.4 Å². The summed E-state index contributed by atoms with van der Waals surface area (Å²) in [6.07, 6.45) is 1.53. The Hall–Kier alpha value is -3.67. The van der Waals surface area contributed by atoms with Crippen LogP contribution >= 0.6 is 0 Å². The molecule has 3 aromatic carbocycles. The smallest absolute Gasteiger partial charge is 0.270 e. The minimum atomic E-state index is -0.435. The average Bonchev–Trinajstić information content (AvgIpc) is 2.68. The molecule has 3 rings (SSSR count). The molecule has 0 aliphatic heterocycles. The van der Waals surface area contributed by atoms with Crippen LogP contribution in [0.2, 0.25) is 0 Å². The van der Waals surface area contributed by atoms with E-state index in [2.05, 4.69) is 10.5 Å². The molecule has 0 radical (unpaired) electrons. The van der Waals surface area contributed by atoms with Crippen molar-refractivity contribution in [1.29, 1.82) is 0 Å². The molecule has 0 bridgehead atoms. The molecule has 6 nitrogen and oxygen atoms in total. The normalized spacial score (nSPS) is 12.0. The number of phenolic OH excluding ortho intramolecular Hbond substituents is 1. The Bertz CT molecular complexity index is 968. The van der Waals surface area contributed by atoms with Crippen LogP contribution in [-0.2, 0) is 0 Å². The van der Waals surface area contributed by atoms with Crippen LogP contribution in [0.5, 0.6) is 5.75 Å². The van der Waals surface area contributed by atoms with E-state index in [1.54, 1.807) is 24.3 Å². The molecule has 0 saturated heterocycles. The summed E-state index contributed by atoms with van der Waals surface area (Å²) >= 11 is 0. The number of non-ortho nitro benzene ring substituents is 1. The highest BCUT2D eigenvalue weighted by molar-refractivity contribution is 5.81. The quantitative estimate of drug-likeness (QED) is 0.371. The highest BCUT2D eigenvalue weighted by Crippen LogP contribution is 2.31. The molecule has 0 saturated carbocycles. The van der Waals surface area contributed by atoms with Gasteiger partial charge in [-0.05, 0) is 23.8 Å². The van der Waals surface area contributed by atoms with Crippen molar-refractivity contribution >= 4 is 17.6 Å². The maximum Gasteiger partial charge on any atom is 0.270 e. The van der Waals surface area contributed by atoms with E-state index in [4.69, 9.17) is 0 Å². The second-order valence-corrected chi connectivity index (χ2v) is 6.12. The van der Waals surface area contributed by atoms with Crippen LogP contribution in [0.15, 0.2) is 77.9 Å². The first kappa shape index (κ1) is 18.1. The highest BCUT2D eigenvalue weighted by Gasteiger charge is 2.11. The third kappa shape index (κ3) is 4.49. The van der Waals surface area contributed by atoms with Crippen LogP contribution in [0.3, 0.4) is 0 Å². The average molecular weight is 361 g/mol. The van der Waals surface area contributed by atoms with Crippen LogP contribution in [-0.4, -0.2) is 16.2 Å². The number of nitro groups is 1. The van der Waals surface area contributed by atoms with Crippen molar-refractivity contribution in [3.63, 3.8) is 0 Å². The Labute approximate surface area is 157 Å². The largest absolute Gasteiger partial charge is 0.508 e. The summed E-state index contributed by atoms with van der Waals surface area (Å²) in [6.45, 7) is 2.04. The Morgan fingerprint density at radius 1 is 1.07 bits per heavy atom. The van der Waals surface area contributed by atoms with Crippen molar-refractivity contribution in [3.8, 4) is 5.75 Å². The fraction of sp³-hybridized carbons (Fsp3) is 0.0952. The van der Waals surface area contributed by atoms with Crippen LogP contribution < -0.4 is 5.43 Å². The predicted molar refractivity (Wildman–Crippen MR) is 106 cm³/mol. The third-order valence-electron chi connectivity index (χ3n) is 4.30. The van der Waals surface area contributed by atoms with Gasteiger partial charge in [0.25, 0.3) is 5.69 Å². The molecule has 0 fully saturated rings. The van der Waals surface area contributed by atoms with Crippen molar-refractivity contribution in [3.05, 3.63) is 99.6 Å². The van der Waals surface area contributed by atoms with Crippen molar-refractivity contribution in [2.75, 3.05) is 5.43 Å². The van der Waals surface area contributed by atoms with Crippen molar-refractivity contribution in [2.45, 2.75) is 12.8 Å². The van der Waals surface area contributed by atoms with E-state index in [-0.39, 0.29) is 17.4 Å². The number of hydrazone groups is 1. The molecule has 0 spiro atoms. The molecule has 1 atom stereocenters. The summed E-state index contributed by atoms with van der Waals surface area (Å²) in [5.74, 6) is 0.349. The molecule has 6 heteroatoms. The lowest BCUT2D eigenvalue weighted by Crippen LogP contribution is -1.97. The van der Waals surface area contributed by atoms with E-state index in [1.165, 1.54) is 18.3 Å². The Kier molecular flexibility index (Phi) is 5.47. The third-order valence-corrected chi connectivity index (χ3v) is 4.30. The minimum absolute atomic E-state index is 0.0291. The van der Waals surface area contributed by atoms with Crippen LogP contribution in [0, 0.1) is 10.1 Å². The number of nitrogens with zero attached hydrogens (tertiary/aromatic N) is 2. The van der Waals surface area contributed by atoms with Gasteiger partial charge in [0.15, 0.2) is 0 Å². The molecule has 2 N–H and O–H groups in total. The molecule has 27 heavy (non-hydrogen) atoms. The number of nitro benzene ring substituents is 1. The zero-order chi connectivity index (χ0) is 19.2. The zero-order valence-corrected chi connectivity index (χ0v) is 14.7. The van der Waals surface area contributed by atoms with Crippen molar-refractivity contribution in [2.24, 2.45) is 5.10 Å². The molecule has 136 valence electrons. The van der Waals surface area contributed by atoms with Gasteiger partial charge in [-0.1, -0.05) is 49.4 Å². The van der Waals surface area contributed by atoms with Crippen LogP contribution in [0.1, 0.15) is 29.5 Å². The predicted octanol–water partition coefficient (Wildman–Crippen LogP) is 4.90. The van der Waals surface area contributed by atoms with Crippen molar-refractivity contribution in [1.82, 2.24) is 0 Å². The molecular formula is C21H19N3O3. The maximum absolute atomic E-state index is 10.8. The molecule has 0 unspecified atom stereocenters. The second-order valence-electron chi connectivity index (χ2n) is 6.12. The lowest BCUT2D eigenvalue weighted by molar-refractivity contribution is -0.384.